The minimum absolute atomic E-state index is 0.0827. The van der Waals surface area contributed by atoms with Crippen LogP contribution >= 0.6 is 0 Å². The Bertz CT molecular complexity index is 653. The molecule has 1 amide bonds. The van der Waals surface area contributed by atoms with Gasteiger partial charge in [0.05, 0.1) is 18.1 Å². The number of halogens is 1. The van der Waals surface area contributed by atoms with Gasteiger partial charge in [0.15, 0.2) is 0 Å². The van der Waals surface area contributed by atoms with E-state index in [9.17, 15) is 9.18 Å². The summed E-state index contributed by atoms with van der Waals surface area (Å²) in [4.78, 5) is 17.4. The van der Waals surface area contributed by atoms with E-state index in [4.69, 9.17) is 4.74 Å². The van der Waals surface area contributed by atoms with Crippen LogP contribution in [-0.4, -0.2) is 62.1 Å². The molecule has 2 aliphatic rings. The van der Waals surface area contributed by atoms with Gasteiger partial charge in [-0.2, -0.15) is 0 Å². The number of likely N-dealkylation sites (tertiary alicyclic amines) is 1. The number of carbonyl (C=O) groups is 1. The molecule has 1 aromatic rings. The maximum absolute atomic E-state index is 14.5. The summed E-state index contributed by atoms with van der Waals surface area (Å²) >= 11 is 0. The molecule has 0 unspecified atom stereocenters. The second-order valence-electron chi connectivity index (χ2n) is 8.61. The van der Waals surface area contributed by atoms with Gasteiger partial charge in [-0.25, -0.2) is 4.39 Å². The summed E-state index contributed by atoms with van der Waals surface area (Å²) in [6, 6.07) is 6.75. The van der Waals surface area contributed by atoms with Gasteiger partial charge in [0.2, 0.25) is 5.91 Å². The highest BCUT2D eigenvalue weighted by Crippen LogP contribution is 2.65. The molecular weight excluding hydrogens is 331 g/mol. The summed E-state index contributed by atoms with van der Waals surface area (Å²) in [6.45, 7) is 7.14. The quantitative estimate of drug-likeness (QED) is 0.780. The Morgan fingerprint density at radius 2 is 1.88 bits per heavy atom. The monoisotopic (exact) mass is 362 g/mol. The molecule has 0 spiro atoms. The molecule has 1 saturated heterocycles. The molecule has 0 radical (unpaired) electrons. The van der Waals surface area contributed by atoms with Gasteiger partial charge in [-0.15, -0.1) is 0 Å². The van der Waals surface area contributed by atoms with Crippen LogP contribution in [0.1, 0.15) is 38.7 Å². The molecule has 1 aliphatic heterocycles. The van der Waals surface area contributed by atoms with E-state index in [2.05, 4.69) is 18.7 Å². The number of piperidine rings is 1. The van der Waals surface area contributed by atoms with E-state index in [-0.39, 0.29) is 23.2 Å². The molecule has 3 rings (SSSR count). The van der Waals surface area contributed by atoms with Gasteiger partial charge in [0.25, 0.3) is 0 Å². The largest absolute Gasteiger partial charge is 0.377 e. The summed E-state index contributed by atoms with van der Waals surface area (Å²) in [5.41, 5.74) is -0.359. The fraction of sp³-hybridized carbons (Fsp3) is 0.667. The molecule has 1 heterocycles. The van der Waals surface area contributed by atoms with Crippen LogP contribution in [0.2, 0.25) is 0 Å². The summed E-state index contributed by atoms with van der Waals surface area (Å²) in [5, 5.41) is 0. The maximum atomic E-state index is 14.5. The Morgan fingerprint density at radius 3 is 2.42 bits per heavy atom. The van der Waals surface area contributed by atoms with Crippen molar-refractivity contribution in [2.24, 2.45) is 5.41 Å². The zero-order valence-electron chi connectivity index (χ0n) is 16.4. The van der Waals surface area contributed by atoms with E-state index < -0.39 is 5.41 Å². The van der Waals surface area contributed by atoms with Gasteiger partial charge >= 0.3 is 0 Å². The van der Waals surface area contributed by atoms with Crippen LogP contribution in [0.25, 0.3) is 0 Å². The molecule has 1 saturated carbocycles. The zero-order chi connectivity index (χ0) is 18.9. The van der Waals surface area contributed by atoms with E-state index in [1.165, 1.54) is 6.07 Å². The van der Waals surface area contributed by atoms with Crippen molar-refractivity contribution >= 4 is 5.91 Å². The molecule has 0 N–H and O–H groups in total. The average Bonchev–Trinajstić information content (AvgIpc) is 3.18. The van der Waals surface area contributed by atoms with Crippen LogP contribution < -0.4 is 0 Å². The Hall–Kier alpha value is -1.46. The van der Waals surface area contributed by atoms with E-state index in [0.29, 0.717) is 25.1 Å². The lowest BCUT2D eigenvalue weighted by Crippen LogP contribution is -2.47. The maximum Gasteiger partial charge on any atom is 0.233 e. The normalized spacial score (nSPS) is 25.5. The Morgan fingerprint density at radius 1 is 1.27 bits per heavy atom. The smallest absolute Gasteiger partial charge is 0.233 e. The second-order valence-corrected chi connectivity index (χ2v) is 8.61. The lowest BCUT2D eigenvalue weighted by Gasteiger charge is -2.35. The standard InChI is InChI=1S/C21H31FN2O2/c1-20(2)15-21(20,17-7-5-6-8-18(17)22)19(25)24-11-9-16(10-12-24)26-14-13-23(3)4/h5-8,16H,9-15H2,1-4H3/t21-/m0/s1. The molecule has 2 fully saturated rings. The first-order chi connectivity index (χ1) is 12.3. The molecule has 4 nitrogen and oxygen atoms in total. The molecule has 1 aliphatic carbocycles. The summed E-state index contributed by atoms with van der Waals surface area (Å²) < 4.78 is 20.4. The van der Waals surface area contributed by atoms with Crippen LogP contribution in [-0.2, 0) is 14.9 Å². The number of carbonyl (C=O) groups excluding carboxylic acids is 1. The number of amides is 1. The third-order valence-electron chi connectivity index (χ3n) is 6.06. The summed E-state index contributed by atoms with van der Waals surface area (Å²) in [7, 11) is 4.06. The number of hydrogen-bond donors (Lipinski definition) is 0. The molecule has 0 bridgehead atoms. The van der Waals surface area contributed by atoms with Crippen molar-refractivity contribution in [2.45, 2.75) is 44.6 Å². The first-order valence-corrected chi connectivity index (χ1v) is 9.59. The highest BCUT2D eigenvalue weighted by Gasteiger charge is 2.68. The molecule has 1 aromatic carbocycles. The van der Waals surface area contributed by atoms with Crippen molar-refractivity contribution in [1.82, 2.24) is 9.80 Å². The van der Waals surface area contributed by atoms with Crippen LogP contribution in [0.3, 0.4) is 0 Å². The number of likely N-dealkylation sites (N-methyl/N-ethyl adjacent to an activating group) is 1. The number of nitrogens with zero attached hydrogens (tertiary/aromatic N) is 2. The number of ether oxygens (including phenoxy) is 1. The average molecular weight is 362 g/mol. The number of benzene rings is 1. The fourth-order valence-electron chi connectivity index (χ4n) is 4.26. The van der Waals surface area contributed by atoms with Gasteiger partial charge in [-0.05, 0) is 44.8 Å². The Kier molecular flexibility index (Phi) is 5.40. The Labute approximate surface area is 156 Å². The number of hydrogen-bond acceptors (Lipinski definition) is 3. The minimum atomic E-state index is -0.711. The Balaban J connectivity index is 1.65. The lowest BCUT2D eigenvalue weighted by atomic mass is 9.85. The van der Waals surface area contributed by atoms with Gasteiger partial charge in [-0.1, -0.05) is 32.0 Å². The zero-order valence-corrected chi connectivity index (χ0v) is 16.4. The fourth-order valence-corrected chi connectivity index (χ4v) is 4.26. The predicted octanol–water partition coefficient (Wildman–Crippen LogP) is 3.06. The van der Waals surface area contributed by atoms with E-state index in [1.807, 2.05) is 25.1 Å². The highest BCUT2D eigenvalue weighted by molar-refractivity contribution is 5.93. The van der Waals surface area contributed by atoms with Crippen molar-refractivity contribution in [1.29, 1.82) is 0 Å². The van der Waals surface area contributed by atoms with E-state index in [1.54, 1.807) is 12.1 Å². The SMILES string of the molecule is CN(C)CCOC1CCN(C(=O)[C@@]2(c3ccccc3F)CC2(C)C)CC1. The van der Waals surface area contributed by atoms with Crippen LogP contribution in [0.4, 0.5) is 4.39 Å². The predicted molar refractivity (Wildman–Crippen MR) is 101 cm³/mol. The van der Waals surface area contributed by atoms with Crippen LogP contribution in [0.5, 0.6) is 0 Å². The van der Waals surface area contributed by atoms with Crippen molar-refractivity contribution in [2.75, 3.05) is 40.3 Å². The molecule has 5 heteroatoms. The van der Waals surface area contributed by atoms with Gasteiger partial charge < -0.3 is 14.5 Å². The lowest BCUT2D eigenvalue weighted by molar-refractivity contribution is -0.137. The summed E-state index contributed by atoms with van der Waals surface area (Å²) in [6.07, 6.45) is 2.63. The van der Waals surface area contributed by atoms with Gasteiger partial charge in [-0.3, -0.25) is 4.79 Å². The topological polar surface area (TPSA) is 32.8 Å². The molecule has 0 aromatic heterocycles. The first-order valence-electron chi connectivity index (χ1n) is 9.59. The highest BCUT2D eigenvalue weighted by atomic mass is 19.1. The van der Waals surface area contributed by atoms with E-state index in [0.717, 1.165) is 26.0 Å². The molecular formula is C21H31FN2O2. The molecule has 26 heavy (non-hydrogen) atoms. The van der Waals surface area contributed by atoms with Crippen molar-refractivity contribution in [3.63, 3.8) is 0 Å². The molecule has 144 valence electrons. The van der Waals surface area contributed by atoms with Gasteiger partial charge in [0, 0.05) is 25.2 Å². The van der Waals surface area contributed by atoms with Crippen LogP contribution in [0.15, 0.2) is 24.3 Å². The summed E-state index contributed by atoms with van der Waals surface area (Å²) in [5.74, 6) is -0.187. The van der Waals surface area contributed by atoms with Gasteiger partial charge in [0.1, 0.15) is 5.82 Å². The van der Waals surface area contributed by atoms with Crippen LogP contribution in [0, 0.1) is 11.2 Å². The minimum Gasteiger partial charge on any atom is -0.377 e. The second kappa shape index (κ2) is 7.28. The third kappa shape index (κ3) is 3.52. The van der Waals surface area contributed by atoms with E-state index >= 15 is 0 Å². The van der Waals surface area contributed by atoms with Crippen molar-refractivity contribution in [3.05, 3.63) is 35.6 Å². The number of rotatable bonds is 6. The van der Waals surface area contributed by atoms with Crippen molar-refractivity contribution < 1.29 is 13.9 Å². The first kappa shape index (κ1) is 19.3. The van der Waals surface area contributed by atoms with Crippen molar-refractivity contribution in [3.8, 4) is 0 Å². The molecule has 1 atom stereocenters. The third-order valence-corrected chi connectivity index (χ3v) is 6.06.